The summed E-state index contributed by atoms with van der Waals surface area (Å²) in [5.41, 5.74) is 12.5. The van der Waals surface area contributed by atoms with Crippen LogP contribution in [0.2, 0.25) is 0 Å². The number of ether oxygens (including phenoxy) is 2. The average molecular weight is 487 g/mol. The van der Waals surface area contributed by atoms with Crippen LogP contribution in [0.15, 0.2) is 65.1 Å². The Labute approximate surface area is 217 Å². The normalized spacial score (nSPS) is 21.4. The van der Waals surface area contributed by atoms with Crippen molar-refractivity contribution in [2.75, 3.05) is 14.2 Å². The fraction of sp³-hybridized carbons (Fsp3) is 0.294. The third kappa shape index (κ3) is 2.41. The van der Waals surface area contributed by atoms with Crippen LogP contribution in [0.5, 0.6) is 0 Å². The van der Waals surface area contributed by atoms with E-state index in [1.165, 1.54) is 66.2 Å². The number of aryl methyl sites for hydroxylation is 2. The van der Waals surface area contributed by atoms with Gasteiger partial charge in [0.15, 0.2) is 5.79 Å². The Morgan fingerprint density at radius 2 is 1.51 bits per heavy atom. The van der Waals surface area contributed by atoms with Crippen LogP contribution >= 0.6 is 0 Å². The first-order chi connectivity index (χ1) is 17.8. The molecule has 0 amide bonds. The van der Waals surface area contributed by atoms with Gasteiger partial charge in [-0.1, -0.05) is 61.9 Å². The van der Waals surface area contributed by atoms with E-state index in [-0.39, 0.29) is 17.3 Å². The number of para-hydroxylation sites is 1. The van der Waals surface area contributed by atoms with Gasteiger partial charge in [-0.15, -0.1) is 0 Å². The molecule has 0 bridgehead atoms. The molecule has 2 atom stereocenters. The van der Waals surface area contributed by atoms with Crippen LogP contribution in [-0.4, -0.2) is 20.0 Å². The van der Waals surface area contributed by atoms with Crippen molar-refractivity contribution in [1.29, 1.82) is 0 Å². The van der Waals surface area contributed by atoms with Gasteiger partial charge in [-0.2, -0.15) is 0 Å². The summed E-state index contributed by atoms with van der Waals surface area (Å²) in [6.45, 7) is 9.11. The highest BCUT2D eigenvalue weighted by atomic mass is 16.7. The van der Waals surface area contributed by atoms with E-state index in [0.717, 1.165) is 11.3 Å². The molecule has 3 aliphatic rings. The molecule has 0 spiro atoms. The van der Waals surface area contributed by atoms with Gasteiger partial charge in [0.2, 0.25) is 0 Å². The predicted octanol–water partition coefficient (Wildman–Crippen LogP) is 8.36. The van der Waals surface area contributed by atoms with Gasteiger partial charge < -0.3 is 13.9 Å². The van der Waals surface area contributed by atoms with Crippen molar-refractivity contribution in [3.8, 4) is 22.5 Å². The molecule has 1 aromatic heterocycles. The Balaban J connectivity index is 1.50. The van der Waals surface area contributed by atoms with Gasteiger partial charge in [0, 0.05) is 36.1 Å². The third-order valence-corrected chi connectivity index (χ3v) is 9.47. The van der Waals surface area contributed by atoms with Gasteiger partial charge >= 0.3 is 0 Å². The summed E-state index contributed by atoms with van der Waals surface area (Å²) in [6, 6.07) is 22.4. The number of furan rings is 1. The highest BCUT2D eigenvalue weighted by molar-refractivity contribution is 6.01. The summed E-state index contributed by atoms with van der Waals surface area (Å²) in [5.74, 6) is 0.718. The molecule has 4 aromatic carbocycles. The van der Waals surface area contributed by atoms with Crippen molar-refractivity contribution >= 4 is 21.7 Å². The van der Waals surface area contributed by atoms with Gasteiger partial charge in [-0.05, 0) is 76.2 Å². The molecule has 5 aromatic rings. The molecule has 0 N–H and O–H groups in total. The lowest BCUT2D eigenvalue weighted by atomic mass is 9.73. The van der Waals surface area contributed by atoms with Crippen molar-refractivity contribution < 1.29 is 13.9 Å². The van der Waals surface area contributed by atoms with Gasteiger partial charge in [0.1, 0.15) is 11.3 Å². The van der Waals surface area contributed by atoms with Crippen LogP contribution in [0, 0.1) is 13.8 Å². The lowest BCUT2D eigenvalue weighted by molar-refractivity contribution is -0.136. The van der Waals surface area contributed by atoms with E-state index in [0.29, 0.717) is 0 Å². The zero-order chi connectivity index (χ0) is 25.4. The summed E-state index contributed by atoms with van der Waals surface area (Å²) in [4.78, 5) is 0. The topological polar surface area (TPSA) is 31.6 Å². The van der Waals surface area contributed by atoms with Crippen molar-refractivity contribution in [2.24, 2.45) is 0 Å². The first kappa shape index (κ1) is 21.7. The van der Waals surface area contributed by atoms with Crippen molar-refractivity contribution in [3.63, 3.8) is 0 Å². The maximum Gasteiger partial charge on any atom is 0.182 e. The zero-order valence-electron chi connectivity index (χ0n) is 22.2. The van der Waals surface area contributed by atoms with E-state index in [1.807, 2.05) is 0 Å². The molecular formula is C34H30O3. The minimum atomic E-state index is -0.636. The lowest BCUT2D eigenvalue weighted by Crippen LogP contribution is -2.19. The summed E-state index contributed by atoms with van der Waals surface area (Å²) < 4.78 is 18.8. The molecule has 3 aliphatic carbocycles. The summed E-state index contributed by atoms with van der Waals surface area (Å²) >= 11 is 0. The van der Waals surface area contributed by atoms with E-state index >= 15 is 0 Å². The molecule has 8 rings (SSSR count). The van der Waals surface area contributed by atoms with Crippen LogP contribution < -0.4 is 0 Å². The second kappa shape index (κ2) is 6.72. The van der Waals surface area contributed by atoms with E-state index in [4.69, 9.17) is 13.9 Å². The molecule has 0 saturated heterocycles. The molecule has 0 aliphatic heterocycles. The fourth-order valence-corrected chi connectivity index (χ4v) is 7.99. The molecule has 1 saturated carbocycles. The van der Waals surface area contributed by atoms with Crippen molar-refractivity contribution in [3.05, 3.63) is 94.0 Å². The maximum atomic E-state index is 6.52. The minimum Gasteiger partial charge on any atom is -0.456 e. The highest BCUT2D eigenvalue weighted by Crippen LogP contribution is 2.73. The average Bonchev–Trinajstić information content (AvgIpc) is 3.30. The predicted molar refractivity (Wildman–Crippen MR) is 148 cm³/mol. The van der Waals surface area contributed by atoms with Crippen LogP contribution in [0.25, 0.3) is 44.2 Å². The lowest BCUT2D eigenvalue weighted by Gasteiger charge is -2.29. The third-order valence-electron chi connectivity index (χ3n) is 9.47. The molecule has 0 radical (unpaired) electrons. The van der Waals surface area contributed by atoms with E-state index < -0.39 is 5.79 Å². The van der Waals surface area contributed by atoms with Crippen LogP contribution in [-0.2, 0) is 14.9 Å². The van der Waals surface area contributed by atoms with E-state index in [2.05, 4.69) is 88.4 Å². The zero-order valence-corrected chi connectivity index (χ0v) is 22.2. The van der Waals surface area contributed by atoms with Crippen molar-refractivity contribution in [2.45, 2.75) is 50.7 Å². The Morgan fingerprint density at radius 3 is 2.30 bits per heavy atom. The second-order valence-electron chi connectivity index (χ2n) is 11.7. The molecule has 37 heavy (non-hydrogen) atoms. The van der Waals surface area contributed by atoms with Gasteiger partial charge in [-0.25, -0.2) is 0 Å². The SMILES string of the molecule is COC1(OC)C2c3cc4c(C)cc(C)cc4cc3-c3c(ccc4c3C(C)(C)c3c-4oc4ccccc34)C21. The number of hydrogen-bond donors (Lipinski definition) is 0. The Bertz CT molecular complexity index is 1820. The van der Waals surface area contributed by atoms with E-state index in [9.17, 15) is 0 Å². The molecular weight excluding hydrogens is 456 g/mol. The van der Waals surface area contributed by atoms with Gasteiger partial charge in [-0.3, -0.25) is 0 Å². The minimum absolute atomic E-state index is 0.165. The van der Waals surface area contributed by atoms with Gasteiger partial charge in [0.05, 0.1) is 11.8 Å². The standard InChI is InChI=1S/C34H30O3/c1-17-13-18(2)23-16-25-24(15-19(23)14-17)27-21(29-30(25)34(29,35-5)36-6)11-12-22-28(27)33(3,4)31-20-9-7-8-10-26(20)37-32(22)31/h7-16,29-30H,1-6H3. The summed E-state index contributed by atoms with van der Waals surface area (Å²) in [6.07, 6.45) is 0. The van der Waals surface area contributed by atoms with Crippen LogP contribution in [0.1, 0.15) is 59.1 Å². The largest absolute Gasteiger partial charge is 0.456 e. The molecule has 2 unspecified atom stereocenters. The van der Waals surface area contributed by atoms with Crippen molar-refractivity contribution in [1.82, 2.24) is 0 Å². The number of benzene rings is 4. The Morgan fingerprint density at radius 1 is 0.757 bits per heavy atom. The smallest absolute Gasteiger partial charge is 0.182 e. The number of hydrogen-bond acceptors (Lipinski definition) is 3. The number of methoxy groups -OCH3 is 2. The maximum absolute atomic E-state index is 6.52. The number of fused-ring (bicyclic) bond motifs is 13. The van der Waals surface area contributed by atoms with Crippen LogP contribution in [0.3, 0.4) is 0 Å². The first-order valence-corrected chi connectivity index (χ1v) is 13.2. The fourth-order valence-electron chi connectivity index (χ4n) is 7.99. The summed E-state index contributed by atoms with van der Waals surface area (Å²) in [7, 11) is 3.57. The molecule has 184 valence electrons. The highest BCUT2D eigenvalue weighted by Gasteiger charge is 2.71. The molecule has 3 nitrogen and oxygen atoms in total. The quantitative estimate of drug-likeness (QED) is 0.235. The molecule has 3 heteroatoms. The van der Waals surface area contributed by atoms with Gasteiger partial charge in [0.25, 0.3) is 0 Å². The Hall–Kier alpha value is -3.40. The first-order valence-electron chi connectivity index (χ1n) is 13.2. The van der Waals surface area contributed by atoms with Crippen LogP contribution in [0.4, 0.5) is 0 Å². The summed E-state index contributed by atoms with van der Waals surface area (Å²) in [5, 5.41) is 3.81. The second-order valence-corrected chi connectivity index (χ2v) is 11.7. The van der Waals surface area contributed by atoms with E-state index in [1.54, 1.807) is 14.2 Å². The Kier molecular flexibility index (Phi) is 3.93. The number of rotatable bonds is 2. The monoisotopic (exact) mass is 486 g/mol. The molecule has 1 fully saturated rings. The molecule has 1 heterocycles.